The fourth-order valence-corrected chi connectivity index (χ4v) is 2.84. The SMILES string of the molecule is Cn1nc(Br)cc1-c1n[nH]c(Cc2ccsc2)n1. The molecule has 1 N–H and O–H groups in total. The van der Waals surface area contributed by atoms with Gasteiger partial charge in [-0.15, -0.1) is 0 Å². The smallest absolute Gasteiger partial charge is 0.199 e. The van der Waals surface area contributed by atoms with Crippen LogP contribution in [-0.2, 0) is 13.5 Å². The zero-order chi connectivity index (χ0) is 12.5. The standard InChI is InChI=1S/C11H10BrN5S/c1-17-8(5-9(12)16-17)11-13-10(14-15-11)4-7-2-3-18-6-7/h2-3,5-6H,4H2,1H3,(H,13,14,15). The predicted molar refractivity (Wildman–Crippen MR) is 73.4 cm³/mol. The number of thiophene rings is 1. The zero-order valence-electron chi connectivity index (χ0n) is 9.59. The molecule has 0 atom stereocenters. The Kier molecular flexibility index (Phi) is 3.00. The minimum absolute atomic E-state index is 0.668. The van der Waals surface area contributed by atoms with Crippen LogP contribution in [0.2, 0.25) is 0 Å². The summed E-state index contributed by atoms with van der Waals surface area (Å²) in [6.07, 6.45) is 0.773. The maximum atomic E-state index is 4.49. The van der Waals surface area contributed by atoms with Crippen molar-refractivity contribution < 1.29 is 0 Å². The predicted octanol–water partition coefficient (Wildman–Crippen LogP) is 2.62. The Labute approximate surface area is 116 Å². The summed E-state index contributed by atoms with van der Waals surface area (Å²) in [5, 5.41) is 15.6. The Morgan fingerprint density at radius 1 is 1.50 bits per heavy atom. The first kappa shape index (κ1) is 11.6. The van der Waals surface area contributed by atoms with Gasteiger partial charge in [0.05, 0.1) is 0 Å². The van der Waals surface area contributed by atoms with Crippen LogP contribution in [0.3, 0.4) is 0 Å². The Bertz CT molecular complexity index is 655. The summed E-state index contributed by atoms with van der Waals surface area (Å²) >= 11 is 5.02. The molecule has 0 amide bonds. The highest BCUT2D eigenvalue weighted by atomic mass is 79.9. The first-order chi connectivity index (χ1) is 8.72. The Hall–Kier alpha value is -1.47. The van der Waals surface area contributed by atoms with Crippen LogP contribution in [0.25, 0.3) is 11.5 Å². The third-order valence-electron chi connectivity index (χ3n) is 2.56. The van der Waals surface area contributed by atoms with E-state index < -0.39 is 0 Å². The quantitative estimate of drug-likeness (QED) is 0.806. The first-order valence-electron chi connectivity index (χ1n) is 5.34. The maximum absolute atomic E-state index is 4.49. The molecule has 0 aliphatic heterocycles. The zero-order valence-corrected chi connectivity index (χ0v) is 12.0. The van der Waals surface area contributed by atoms with Crippen molar-refractivity contribution in [3.05, 3.63) is 38.9 Å². The fourth-order valence-electron chi connectivity index (χ4n) is 1.72. The number of halogens is 1. The lowest BCUT2D eigenvalue weighted by Crippen LogP contribution is -1.95. The normalized spacial score (nSPS) is 11.0. The van der Waals surface area contributed by atoms with Crippen molar-refractivity contribution in [3.8, 4) is 11.5 Å². The summed E-state index contributed by atoms with van der Waals surface area (Å²) in [5.74, 6) is 1.53. The van der Waals surface area contributed by atoms with Gasteiger partial charge in [-0.1, -0.05) is 0 Å². The molecule has 0 unspecified atom stereocenters. The lowest BCUT2D eigenvalue weighted by atomic mass is 10.2. The summed E-state index contributed by atoms with van der Waals surface area (Å²) in [7, 11) is 1.87. The van der Waals surface area contributed by atoms with Crippen molar-refractivity contribution in [2.45, 2.75) is 6.42 Å². The summed E-state index contributed by atoms with van der Waals surface area (Å²) in [6, 6.07) is 3.99. The van der Waals surface area contributed by atoms with E-state index in [0.29, 0.717) is 5.82 Å². The maximum Gasteiger partial charge on any atom is 0.199 e. The van der Waals surface area contributed by atoms with E-state index in [4.69, 9.17) is 0 Å². The topological polar surface area (TPSA) is 59.4 Å². The monoisotopic (exact) mass is 323 g/mol. The van der Waals surface area contributed by atoms with Crippen LogP contribution in [0.5, 0.6) is 0 Å². The van der Waals surface area contributed by atoms with E-state index in [1.165, 1.54) is 5.56 Å². The van der Waals surface area contributed by atoms with Gasteiger partial charge in [0.2, 0.25) is 0 Å². The number of nitrogens with zero attached hydrogens (tertiary/aromatic N) is 4. The number of nitrogens with one attached hydrogen (secondary N) is 1. The van der Waals surface area contributed by atoms with Gasteiger partial charge in [-0.3, -0.25) is 9.78 Å². The molecule has 0 spiro atoms. The highest BCUT2D eigenvalue weighted by Crippen LogP contribution is 2.19. The molecule has 3 heterocycles. The van der Waals surface area contributed by atoms with Crippen molar-refractivity contribution in [1.29, 1.82) is 0 Å². The average molecular weight is 324 g/mol. The second-order valence-corrected chi connectivity index (χ2v) is 5.48. The number of aryl methyl sites for hydroxylation is 1. The second kappa shape index (κ2) is 4.66. The molecule has 0 fully saturated rings. The largest absolute Gasteiger partial charge is 0.264 e. The van der Waals surface area contributed by atoms with E-state index in [9.17, 15) is 0 Å². The molecule has 3 rings (SSSR count). The molecule has 18 heavy (non-hydrogen) atoms. The molecule has 3 aromatic heterocycles. The van der Waals surface area contributed by atoms with E-state index in [1.54, 1.807) is 16.0 Å². The van der Waals surface area contributed by atoms with E-state index >= 15 is 0 Å². The third kappa shape index (κ3) is 2.23. The Balaban J connectivity index is 1.87. The molecule has 0 aliphatic rings. The summed E-state index contributed by atoms with van der Waals surface area (Å²) in [5.41, 5.74) is 2.13. The second-order valence-electron chi connectivity index (χ2n) is 3.89. The van der Waals surface area contributed by atoms with Crippen LogP contribution < -0.4 is 0 Å². The van der Waals surface area contributed by atoms with Crippen molar-refractivity contribution in [2.75, 3.05) is 0 Å². The number of aromatic amines is 1. The molecular formula is C11H10BrN5S. The van der Waals surface area contributed by atoms with Gasteiger partial charge in [-0.25, -0.2) is 4.98 Å². The van der Waals surface area contributed by atoms with Crippen molar-refractivity contribution in [1.82, 2.24) is 25.0 Å². The first-order valence-corrected chi connectivity index (χ1v) is 7.08. The number of H-pyrrole nitrogens is 1. The van der Waals surface area contributed by atoms with Crippen molar-refractivity contribution >= 4 is 27.3 Å². The molecular weight excluding hydrogens is 314 g/mol. The molecule has 0 saturated heterocycles. The summed E-state index contributed by atoms with van der Waals surface area (Å²) in [4.78, 5) is 4.49. The number of rotatable bonds is 3. The molecule has 92 valence electrons. The van der Waals surface area contributed by atoms with Crippen LogP contribution in [0, 0.1) is 0 Å². The molecule has 7 heteroatoms. The van der Waals surface area contributed by atoms with Gasteiger partial charge in [0.1, 0.15) is 16.1 Å². The van der Waals surface area contributed by atoms with Crippen molar-refractivity contribution in [2.24, 2.45) is 7.05 Å². The lowest BCUT2D eigenvalue weighted by molar-refractivity contribution is 0.763. The van der Waals surface area contributed by atoms with Gasteiger partial charge in [0.25, 0.3) is 0 Å². The van der Waals surface area contributed by atoms with E-state index in [1.807, 2.05) is 13.1 Å². The number of hydrogen-bond donors (Lipinski definition) is 1. The van der Waals surface area contributed by atoms with Crippen LogP contribution in [0.15, 0.2) is 27.5 Å². The molecule has 0 aromatic carbocycles. The Morgan fingerprint density at radius 3 is 3.06 bits per heavy atom. The van der Waals surface area contributed by atoms with Crippen molar-refractivity contribution in [3.63, 3.8) is 0 Å². The highest BCUT2D eigenvalue weighted by Gasteiger charge is 2.11. The molecule has 0 aliphatic carbocycles. The van der Waals surface area contributed by atoms with Gasteiger partial charge in [0.15, 0.2) is 5.82 Å². The van der Waals surface area contributed by atoms with Gasteiger partial charge in [-0.2, -0.15) is 21.5 Å². The molecule has 0 saturated carbocycles. The lowest BCUT2D eigenvalue weighted by Gasteiger charge is -1.94. The number of aromatic nitrogens is 5. The summed E-state index contributed by atoms with van der Waals surface area (Å²) < 4.78 is 2.53. The van der Waals surface area contributed by atoms with E-state index in [0.717, 1.165) is 22.5 Å². The van der Waals surface area contributed by atoms with Gasteiger partial charge < -0.3 is 0 Å². The van der Waals surface area contributed by atoms with Gasteiger partial charge >= 0.3 is 0 Å². The molecule has 0 radical (unpaired) electrons. The molecule has 3 aromatic rings. The minimum Gasteiger partial charge on any atom is -0.264 e. The van der Waals surface area contributed by atoms with Gasteiger partial charge in [-0.05, 0) is 38.3 Å². The van der Waals surface area contributed by atoms with E-state index in [2.05, 4.69) is 53.0 Å². The van der Waals surface area contributed by atoms with Crippen LogP contribution in [0.1, 0.15) is 11.4 Å². The number of hydrogen-bond acceptors (Lipinski definition) is 4. The minimum atomic E-state index is 0.668. The third-order valence-corrected chi connectivity index (χ3v) is 3.68. The van der Waals surface area contributed by atoms with E-state index in [-0.39, 0.29) is 0 Å². The average Bonchev–Trinajstić information content (AvgIpc) is 3.01. The van der Waals surface area contributed by atoms with Crippen LogP contribution in [0.4, 0.5) is 0 Å². The van der Waals surface area contributed by atoms with Crippen LogP contribution >= 0.6 is 27.3 Å². The van der Waals surface area contributed by atoms with Crippen LogP contribution in [-0.4, -0.2) is 25.0 Å². The Morgan fingerprint density at radius 2 is 2.39 bits per heavy atom. The highest BCUT2D eigenvalue weighted by molar-refractivity contribution is 9.10. The molecule has 5 nitrogen and oxygen atoms in total. The summed E-state index contributed by atoms with van der Waals surface area (Å²) in [6.45, 7) is 0. The van der Waals surface area contributed by atoms with Gasteiger partial charge in [0, 0.05) is 19.5 Å². The fraction of sp³-hybridized carbons (Fsp3) is 0.182. The molecule has 0 bridgehead atoms.